The van der Waals surface area contributed by atoms with Gasteiger partial charge in [0.2, 0.25) is 0 Å². The number of benzene rings is 1. The summed E-state index contributed by atoms with van der Waals surface area (Å²) in [6, 6.07) is 5.54. The number of hydrogen-bond donors (Lipinski definition) is 1. The maximum Gasteiger partial charge on any atom is 0.292 e. The molecule has 1 N–H and O–H groups in total. The highest BCUT2D eigenvalue weighted by Crippen LogP contribution is 2.28. The van der Waals surface area contributed by atoms with Gasteiger partial charge in [0.1, 0.15) is 5.02 Å². The van der Waals surface area contributed by atoms with Crippen molar-refractivity contribution in [2.45, 2.75) is 25.0 Å². The number of nitrogens with one attached hydrogen (secondary N) is 1. The highest BCUT2D eigenvalue weighted by atomic mass is 35.5. The molecule has 1 aliphatic carbocycles. The molecule has 0 radical (unpaired) electrons. The zero-order chi connectivity index (χ0) is 19.0. The van der Waals surface area contributed by atoms with E-state index in [1.807, 2.05) is 0 Å². The summed E-state index contributed by atoms with van der Waals surface area (Å²) in [5, 5.41) is 8.25. The second kappa shape index (κ2) is 7.97. The Morgan fingerprint density at radius 1 is 1.26 bits per heavy atom. The number of anilines is 1. The summed E-state index contributed by atoms with van der Waals surface area (Å²) >= 11 is 18.4. The first kappa shape index (κ1) is 19.0. The maximum absolute atomic E-state index is 12.6. The molecule has 2 aliphatic rings. The molecule has 1 aromatic heterocycles. The first-order valence-electron chi connectivity index (χ1n) is 8.85. The molecule has 1 aliphatic heterocycles. The summed E-state index contributed by atoms with van der Waals surface area (Å²) in [6.45, 7) is 3.17. The Balaban J connectivity index is 1.48. The van der Waals surface area contributed by atoms with Gasteiger partial charge in [-0.1, -0.05) is 34.8 Å². The van der Waals surface area contributed by atoms with Crippen molar-refractivity contribution in [2.75, 3.05) is 31.6 Å². The van der Waals surface area contributed by atoms with E-state index in [4.69, 9.17) is 39.5 Å². The van der Waals surface area contributed by atoms with Crippen LogP contribution in [0.5, 0.6) is 0 Å². The predicted octanol–water partition coefficient (Wildman–Crippen LogP) is 3.47. The summed E-state index contributed by atoms with van der Waals surface area (Å²) in [6.07, 6.45) is 4.14. The Kier molecular flexibility index (Phi) is 5.62. The minimum absolute atomic E-state index is 0.0588. The van der Waals surface area contributed by atoms with E-state index in [0.717, 1.165) is 30.4 Å². The van der Waals surface area contributed by atoms with Gasteiger partial charge in [0.15, 0.2) is 0 Å². The number of hydrogen-bond acceptors (Lipinski definition) is 5. The smallest absolute Gasteiger partial charge is 0.292 e. The van der Waals surface area contributed by atoms with E-state index in [2.05, 4.69) is 15.3 Å². The van der Waals surface area contributed by atoms with Crippen molar-refractivity contribution >= 4 is 40.5 Å². The molecule has 1 aromatic carbocycles. The summed E-state index contributed by atoms with van der Waals surface area (Å²) in [7, 11) is 0. The quantitative estimate of drug-likeness (QED) is 0.789. The molecule has 0 spiro atoms. The Morgan fingerprint density at radius 3 is 2.81 bits per heavy atom. The van der Waals surface area contributed by atoms with Crippen LogP contribution in [0, 0.1) is 0 Å². The third-order valence-corrected chi connectivity index (χ3v) is 5.71. The molecule has 4 rings (SSSR count). The van der Waals surface area contributed by atoms with E-state index < -0.39 is 5.56 Å². The van der Waals surface area contributed by atoms with Crippen molar-refractivity contribution in [1.29, 1.82) is 0 Å². The lowest BCUT2D eigenvalue weighted by Gasteiger charge is -2.33. The van der Waals surface area contributed by atoms with Crippen LogP contribution >= 0.6 is 34.8 Å². The van der Waals surface area contributed by atoms with E-state index in [1.165, 1.54) is 19.0 Å². The Hall–Kier alpha value is -1.31. The van der Waals surface area contributed by atoms with Gasteiger partial charge in [-0.3, -0.25) is 9.69 Å². The SMILES string of the molecule is O=c1c(Cl)c(NCC2CN(C3CC3)CCO2)cnn1-c1ccc(Cl)cc1Cl. The van der Waals surface area contributed by atoms with Crippen LogP contribution in [-0.2, 0) is 4.74 Å². The molecular weight excluding hydrogens is 411 g/mol. The number of nitrogens with zero attached hydrogens (tertiary/aromatic N) is 3. The number of rotatable bonds is 5. The average Bonchev–Trinajstić information content (AvgIpc) is 3.49. The van der Waals surface area contributed by atoms with Crippen molar-refractivity contribution in [1.82, 2.24) is 14.7 Å². The van der Waals surface area contributed by atoms with E-state index >= 15 is 0 Å². The molecule has 1 unspecified atom stereocenters. The average molecular weight is 430 g/mol. The fourth-order valence-corrected chi connectivity index (χ4v) is 3.93. The number of ether oxygens (including phenoxy) is 1. The maximum atomic E-state index is 12.6. The van der Waals surface area contributed by atoms with Gasteiger partial charge in [-0.2, -0.15) is 9.78 Å². The van der Waals surface area contributed by atoms with Crippen LogP contribution in [0.1, 0.15) is 12.8 Å². The molecule has 0 bridgehead atoms. The third-order valence-electron chi connectivity index (χ3n) is 4.81. The summed E-state index contributed by atoms with van der Waals surface area (Å²) in [5.41, 5.74) is 0.459. The van der Waals surface area contributed by atoms with Crippen molar-refractivity contribution in [2.24, 2.45) is 0 Å². The van der Waals surface area contributed by atoms with Crippen molar-refractivity contribution < 1.29 is 4.74 Å². The lowest BCUT2D eigenvalue weighted by atomic mass is 10.2. The second-order valence-electron chi connectivity index (χ2n) is 6.78. The molecule has 1 saturated heterocycles. The van der Waals surface area contributed by atoms with E-state index in [1.54, 1.807) is 18.2 Å². The van der Waals surface area contributed by atoms with Crippen LogP contribution in [-0.4, -0.2) is 53.1 Å². The number of halogens is 3. The Morgan fingerprint density at radius 2 is 2.07 bits per heavy atom. The number of aromatic nitrogens is 2. The van der Waals surface area contributed by atoms with Gasteiger partial charge in [-0.05, 0) is 31.0 Å². The molecular formula is C18H19Cl3N4O2. The van der Waals surface area contributed by atoms with Gasteiger partial charge >= 0.3 is 0 Å². The first-order chi connectivity index (χ1) is 13.0. The molecule has 2 heterocycles. The van der Waals surface area contributed by atoms with Gasteiger partial charge in [-0.25, -0.2) is 0 Å². The van der Waals surface area contributed by atoms with Crippen LogP contribution in [0.25, 0.3) is 5.69 Å². The normalized spacial score (nSPS) is 20.6. The number of morpholine rings is 1. The fourth-order valence-electron chi connectivity index (χ4n) is 3.24. The lowest BCUT2D eigenvalue weighted by molar-refractivity contribution is -0.0241. The molecule has 0 amide bonds. The van der Waals surface area contributed by atoms with Gasteiger partial charge in [-0.15, -0.1) is 0 Å². The van der Waals surface area contributed by atoms with Gasteiger partial charge in [0, 0.05) is 30.7 Å². The summed E-state index contributed by atoms with van der Waals surface area (Å²) in [4.78, 5) is 15.1. The molecule has 144 valence electrons. The largest absolute Gasteiger partial charge is 0.380 e. The van der Waals surface area contributed by atoms with E-state index in [-0.39, 0.29) is 11.1 Å². The van der Waals surface area contributed by atoms with Crippen molar-refractivity contribution in [3.05, 3.63) is 49.8 Å². The van der Waals surface area contributed by atoms with Gasteiger partial charge < -0.3 is 10.1 Å². The predicted molar refractivity (Wildman–Crippen MR) is 108 cm³/mol. The van der Waals surface area contributed by atoms with Crippen LogP contribution < -0.4 is 10.9 Å². The Bertz CT molecular complexity index is 901. The minimum atomic E-state index is -0.449. The van der Waals surface area contributed by atoms with Gasteiger partial charge in [0.25, 0.3) is 5.56 Å². The molecule has 1 atom stereocenters. The molecule has 27 heavy (non-hydrogen) atoms. The standard InChI is InChI=1S/C18H19Cl3N4O2/c19-11-1-4-16(14(20)7-11)25-18(26)17(21)15(9-23-25)22-8-13-10-24(5-6-27-13)12-2-3-12/h1,4,7,9,12-13,22H,2-3,5-6,8,10H2. The monoisotopic (exact) mass is 428 g/mol. The minimum Gasteiger partial charge on any atom is -0.380 e. The molecule has 6 nitrogen and oxygen atoms in total. The lowest BCUT2D eigenvalue weighted by Crippen LogP contribution is -2.46. The van der Waals surface area contributed by atoms with E-state index in [9.17, 15) is 4.79 Å². The van der Waals surface area contributed by atoms with Crippen LogP contribution in [0.4, 0.5) is 5.69 Å². The topological polar surface area (TPSA) is 59.4 Å². The Labute approximate surface area is 172 Å². The zero-order valence-electron chi connectivity index (χ0n) is 14.5. The van der Waals surface area contributed by atoms with Crippen molar-refractivity contribution in [3.63, 3.8) is 0 Å². The fraction of sp³-hybridized carbons (Fsp3) is 0.444. The summed E-state index contributed by atoms with van der Waals surface area (Å²) in [5.74, 6) is 0. The van der Waals surface area contributed by atoms with Crippen molar-refractivity contribution in [3.8, 4) is 5.69 Å². The second-order valence-corrected chi connectivity index (χ2v) is 8.01. The van der Waals surface area contributed by atoms with Crippen LogP contribution in [0.3, 0.4) is 0 Å². The molecule has 2 aromatic rings. The summed E-state index contributed by atoms with van der Waals surface area (Å²) < 4.78 is 6.98. The van der Waals surface area contributed by atoms with Crippen LogP contribution in [0.2, 0.25) is 15.1 Å². The third kappa shape index (κ3) is 4.25. The molecule has 2 fully saturated rings. The van der Waals surface area contributed by atoms with Gasteiger partial charge in [0.05, 0.1) is 35.3 Å². The highest BCUT2D eigenvalue weighted by Gasteiger charge is 2.32. The molecule has 9 heteroatoms. The van der Waals surface area contributed by atoms with E-state index in [0.29, 0.717) is 28.0 Å². The zero-order valence-corrected chi connectivity index (χ0v) is 16.8. The first-order valence-corrected chi connectivity index (χ1v) is 9.99. The highest BCUT2D eigenvalue weighted by molar-refractivity contribution is 6.36. The van der Waals surface area contributed by atoms with Crippen LogP contribution in [0.15, 0.2) is 29.2 Å². The molecule has 1 saturated carbocycles.